The molecule has 1 aromatic carbocycles. The molecule has 132 valence electrons. The first kappa shape index (κ1) is 18.2. The highest BCUT2D eigenvalue weighted by Crippen LogP contribution is 2.27. The average Bonchev–Trinajstić information content (AvgIpc) is 3.04. The van der Waals surface area contributed by atoms with Crippen molar-refractivity contribution in [2.24, 2.45) is 0 Å². The van der Waals surface area contributed by atoms with Crippen LogP contribution in [0.5, 0.6) is 0 Å². The minimum Gasteiger partial charge on any atom is -0.464 e. The fraction of sp³-hybridized carbons (Fsp3) is 0.529. The van der Waals surface area contributed by atoms with Gasteiger partial charge in [0.05, 0.1) is 18.8 Å². The van der Waals surface area contributed by atoms with Gasteiger partial charge in [0.25, 0.3) is 5.91 Å². The quantitative estimate of drug-likeness (QED) is 0.588. The third kappa shape index (κ3) is 4.03. The molecule has 2 rings (SSSR count). The Hall–Kier alpha value is -2.15. The maximum Gasteiger partial charge on any atom is 0.334 e. The van der Waals surface area contributed by atoms with Crippen molar-refractivity contribution in [3.05, 3.63) is 29.6 Å². The predicted octanol–water partition coefficient (Wildman–Crippen LogP) is 2.10. The summed E-state index contributed by atoms with van der Waals surface area (Å²) in [6.07, 6.45) is 2.16. The van der Waals surface area contributed by atoms with Crippen LogP contribution in [0, 0.1) is 5.82 Å². The first-order chi connectivity index (χ1) is 11.5. The summed E-state index contributed by atoms with van der Waals surface area (Å²) in [4.78, 5) is 24.0. The fourth-order valence-electron chi connectivity index (χ4n) is 2.51. The molecule has 24 heavy (non-hydrogen) atoms. The van der Waals surface area contributed by atoms with Gasteiger partial charge in [0.1, 0.15) is 5.82 Å². The van der Waals surface area contributed by atoms with Gasteiger partial charge < -0.3 is 20.1 Å². The Morgan fingerprint density at radius 3 is 2.79 bits per heavy atom. The van der Waals surface area contributed by atoms with Crippen LogP contribution in [-0.4, -0.2) is 44.3 Å². The molecule has 1 aliphatic rings. The first-order valence-electron chi connectivity index (χ1n) is 8.07. The van der Waals surface area contributed by atoms with E-state index in [0.29, 0.717) is 25.3 Å². The van der Waals surface area contributed by atoms with Crippen molar-refractivity contribution in [2.45, 2.75) is 31.7 Å². The lowest BCUT2D eigenvalue weighted by atomic mass is 9.98. The molecule has 1 aromatic rings. The SMILES string of the molecule is CCCCOC(=O)[C@@]1(Nc2ccc(C(=O)NC)c(F)c2)CCOC1. The van der Waals surface area contributed by atoms with Crippen LogP contribution in [0.25, 0.3) is 0 Å². The number of halogens is 1. The molecule has 1 atom stereocenters. The van der Waals surface area contributed by atoms with E-state index >= 15 is 0 Å². The van der Waals surface area contributed by atoms with Crippen LogP contribution >= 0.6 is 0 Å². The Labute approximate surface area is 140 Å². The monoisotopic (exact) mass is 338 g/mol. The smallest absolute Gasteiger partial charge is 0.334 e. The van der Waals surface area contributed by atoms with E-state index in [1.807, 2.05) is 6.92 Å². The van der Waals surface area contributed by atoms with Crippen molar-refractivity contribution in [2.75, 3.05) is 32.2 Å². The second-order valence-corrected chi connectivity index (χ2v) is 5.77. The molecular weight excluding hydrogens is 315 g/mol. The molecule has 1 fully saturated rings. The van der Waals surface area contributed by atoms with E-state index in [0.717, 1.165) is 12.8 Å². The normalized spacial score (nSPS) is 19.8. The summed E-state index contributed by atoms with van der Waals surface area (Å²) in [5.41, 5.74) is -0.669. The number of amides is 1. The first-order valence-corrected chi connectivity index (χ1v) is 8.07. The maximum atomic E-state index is 14.1. The number of hydrogen-bond acceptors (Lipinski definition) is 5. The molecule has 0 bridgehead atoms. The van der Waals surface area contributed by atoms with E-state index in [1.165, 1.54) is 19.2 Å². The summed E-state index contributed by atoms with van der Waals surface area (Å²) in [6.45, 7) is 2.95. The number of nitrogens with one attached hydrogen (secondary N) is 2. The Balaban J connectivity index is 2.14. The number of ether oxygens (including phenoxy) is 2. The Morgan fingerprint density at radius 1 is 1.42 bits per heavy atom. The summed E-state index contributed by atoms with van der Waals surface area (Å²) in [7, 11) is 1.44. The van der Waals surface area contributed by atoms with E-state index in [-0.39, 0.29) is 12.2 Å². The third-order valence-corrected chi connectivity index (χ3v) is 3.97. The van der Waals surface area contributed by atoms with E-state index in [4.69, 9.17) is 9.47 Å². The zero-order valence-electron chi connectivity index (χ0n) is 14.0. The molecule has 1 heterocycles. The van der Waals surface area contributed by atoms with Gasteiger partial charge in [-0.1, -0.05) is 13.3 Å². The number of unbranched alkanes of at least 4 members (excludes halogenated alkanes) is 1. The van der Waals surface area contributed by atoms with Crippen molar-refractivity contribution in [1.82, 2.24) is 5.32 Å². The average molecular weight is 338 g/mol. The number of benzene rings is 1. The Morgan fingerprint density at radius 2 is 2.21 bits per heavy atom. The van der Waals surface area contributed by atoms with Crippen molar-refractivity contribution < 1.29 is 23.5 Å². The van der Waals surface area contributed by atoms with Crippen molar-refractivity contribution in [3.63, 3.8) is 0 Å². The summed E-state index contributed by atoms with van der Waals surface area (Å²) in [5.74, 6) is -1.56. The van der Waals surface area contributed by atoms with E-state index in [9.17, 15) is 14.0 Å². The summed E-state index contributed by atoms with van der Waals surface area (Å²) in [6, 6.07) is 4.14. The van der Waals surface area contributed by atoms with Gasteiger partial charge in [-0.3, -0.25) is 4.79 Å². The topological polar surface area (TPSA) is 76.7 Å². The third-order valence-electron chi connectivity index (χ3n) is 3.97. The molecule has 6 nitrogen and oxygen atoms in total. The molecule has 0 aromatic heterocycles. The molecule has 0 spiro atoms. The highest BCUT2D eigenvalue weighted by atomic mass is 19.1. The van der Waals surface area contributed by atoms with E-state index in [1.54, 1.807) is 6.07 Å². The van der Waals surface area contributed by atoms with Crippen LogP contribution in [0.4, 0.5) is 10.1 Å². The molecule has 1 saturated heterocycles. The van der Waals surface area contributed by atoms with Gasteiger partial charge in [-0.15, -0.1) is 0 Å². The second kappa shape index (κ2) is 8.10. The van der Waals surface area contributed by atoms with Crippen LogP contribution < -0.4 is 10.6 Å². The highest BCUT2D eigenvalue weighted by Gasteiger charge is 2.44. The minimum absolute atomic E-state index is 0.0507. The zero-order valence-corrected chi connectivity index (χ0v) is 14.0. The number of anilines is 1. The van der Waals surface area contributed by atoms with Gasteiger partial charge in [-0.05, 0) is 24.6 Å². The van der Waals surface area contributed by atoms with Gasteiger partial charge in [0.15, 0.2) is 5.54 Å². The van der Waals surface area contributed by atoms with Gasteiger partial charge in [-0.2, -0.15) is 0 Å². The lowest BCUT2D eigenvalue weighted by molar-refractivity contribution is -0.149. The number of esters is 1. The molecule has 1 amide bonds. The fourth-order valence-corrected chi connectivity index (χ4v) is 2.51. The molecule has 0 aliphatic carbocycles. The van der Waals surface area contributed by atoms with Crippen molar-refractivity contribution in [1.29, 1.82) is 0 Å². The molecule has 0 unspecified atom stereocenters. The number of carbonyl (C=O) groups is 2. The number of hydrogen-bond donors (Lipinski definition) is 2. The van der Waals surface area contributed by atoms with Crippen LogP contribution in [0.1, 0.15) is 36.5 Å². The van der Waals surface area contributed by atoms with Gasteiger partial charge in [-0.25, -0.2) is 9.18 Å². The van der Waals surface area contributed by atoms with Crippen molar-refractivity contribution in [3.8, 4) is 0 Å². The molecule has 7 heteroatoms. The minimum atomic E-state index is -1.02. The van der Waals surface area contributed by atoms with E-state index in [2.05, 4.69) is 10.6 Å². The molecular formula is C17H23FN2O4. The Bertz CT molecular complexity index is 600. The largest absolute Gasteiger partial charge is 0.464 e. The number of rotatable bonds is 7. The summed E-state index contributed by atoms with van der Waals surface area (Å²) < 4.78 is 24.7. The molecule has 0 saturated carbocycles. The lowest BCUT2D eigenvalue weighted by Crippen LogP contribution is -2.48. The molecule has 2 N–H and O–H groups in total. The highest BCUT2D eigenvalue weighted by molar-refractivity contribution is 5.94. The summed E-state index contributed by atoms with van der Waals surface area (Å²) >= 11 is 0. The van der Waals surface area contributed by atoms with Crippen LogP contribution in [0.3, 0.4) is 0 Å². The molecule has 1 aliphatic heterocycles. The van der Waals surface area contributed by atoms with Crippen LogP contribution in [0.15, 0.2) is 18.2 Å². The van der Waals surface area contributed by atoms with Crippen LogP contribution in [0.2, 0.25) is 0 Å². The molecule has 0 radical (unpaired) electrons. The van der Waals surface area contributed by atoms with Gasteiger partial charge in [0.2, 0.25) is 0 Å². The number of carbonyl (C=O) groups excluding carboxylic acids is 2. The predicted molar refractivity (Wildman–Crippen MR) is 87.4 cm³/mol. The Kier molecular flexibility index (Phi) is 6.14. The standard InChI is InChI=1S/C17H23FN2O4/c1-3-4-8-24-16(22)17(7-9-23-11-17)20-12-5-6-13(14(18)10-12)15(21)19-2/h5-6,10,20H,3-4,7-9,11H2,1-2H3,(H,19,21)/t17-/m1/s1. The second-order valence-electron chi connectivity index (χ2n) is 5.77. The van der Waals surface area contributed by atoms with Crippen LogP contribution in [-0.2, 0) is 14.3 Å². The van der Waals surface area contributed by atoms with Gasteiger partial charge >= 0.3 is 5.97 Å². The summed E-state index contributed by atoms with van der Waals surface area (Å²) in [5, 5.41) is 5.41. The zero-order chi connectivity index (χ0) is 17.6. The van der Waals surface area contributed by atoms with E-state index < -0.39 is 23.2 Å². The maximum absolute atomic E-state index is 14.1. The lowest BCUT2D eigenvalue weighted by Gasteiger charge is -2.27. The van der Waals surface area contributed by atoms with Gasteiger partial charge in [0, 0.05) is 25.8 Å². The van der Waals surface area contributed by atoms with Crippen molar-refractivity contribution >= 4 is 17.6 Å².